The topological polar surface area (TPSA) is 80.3 Å². The summed E-state index contributed by atoms with van der Waals surface area (Å²) in [6.45, 7) is 0.423. The number of nitrogens with zero attached hydrogens (tertiary/aromatic N) is 1. The van der Waals surface area contributed by atoms with E-state index < -0.39 is 0 Å². The summed E-state index contributed by atoms with van der Waals surface area (Å²) in [6.07, 6.45) is 3.07. The number of hydrogen-bond acceptors (Lipinski definition) is 4. The van der Waals surface area contributed by atoms with Crippen LogP contribution in [0.2, 0.25) is 0 Å². The zero-order valence-electron chi connectivity index (χ0n) is 11.6. The van der Waals surface area contributed by atoms with Gasteiger partial charge in [-0.15, -0.1) is 0 Å². The molecule has 0 fully saturated rings. The van der Waals surface area contributed by atoms with E-state index in [9.17, 15) is 9.59 Å². The van der Waals surface area contributed by atoms with Crippen LogP contribution in [0.3, 0.4) is 0 Å². The minimum atomic E-state index is -0.330. The lowest BCUT2D eigenvalue weighted by Gasteiger charge is -2.07. The molecule has 0 saturated heterocycles. The molecule has 6 nitrogen and oxygen atoms in total. The van der Waals surface area contributed by atoms with Gasteiger partial charge in [0.25, 0.3) is 11.8 Å². The summed E-state index contributed by atoms with van der Waals surface area (Å²) in [7, 11) is 0. The third-order valence-corrected chi connectivity index (χ3v) is 3.09. The van der Waals surface area contributed by atoms with Gasteiger partial charge in [-0.2, -0.15) is 0 Å². The molecule has 114 valence electrons. The van der Waals surface area contributed by atoms with Crippen LogP contribution in [0.5, 0.6) is 0 Å². The third kappa shape index (κ3) is 4.94. The standard InChI is InChI=1S/C15H14BrN3O3/c16-13-8-12(9-17-10-13)14(20)18-6-7-22-19-15(21)11-4-2-1-3-5-11/h1-5,8-10H,6-7H2,(H,18,20)(H,19,21). The van der Waals surface area contributed by atoms with Crippen molar-refractivity contribution in [3.63, 3.8) is 0 Å². The molecule has 2 aromatic rings. The minimum absolute atomic E-state index is 0.158. The van der Waals surface area contributed by atoms with Gasteiger partial charge in [0.15, 0.2) is 0 Å². The maximum Gasteiger partial charge on any atom is 0.274 e. The average molecular weight is 364 g/mol. The number of hydrogen-bond donors (Lipinski definition) is 2. The molecule has 0 unspecified atom stereocenters. The fourth-order valence-corrected chi connectivity index (χ4v) is 1.98. The lowest BCUT2D eigenvalue weighted by Crippen LogP contribution is -2.31. The smallest absolute Gasteiger partial charge is 0.274 e. The van der Waals surface area contributed by atoms with Crippen molar-refractivity contribution in [3.8, 4) is 0 Å². The third-order valence-electron chi connectivity index (χ3n) is 2.66. The summed E-state index contributed by atoms with van der Waals surface area (Å²) in [5.41, 5.74) is 3.26. The van der Waals surface area contributed by atoms with Crippen LogP contribution >= 0.6 is 15.9 Å². The lowest BCUT2D eigenvalue weighted by atomic mass is 10.2. The van der Waals surface area contributed by atoms with E-state index in [-0.39, 0.29) is 25.0 Å². The van der Waals surface area contributed by atoms with Crippen molar-refractivity contribution in [2.24, 2.45) is 0 Å². The van der Waals surface area contributed by atoms with Crippen LogP contribution in [0.15, 0.2) is 53.3 Å². The van der Waals surface area contributed by atoms with Gasteiger partial charge in [-0.25, -0.2) is 5.48 Å². The van der Waals surface area contributed by atoms with E-state index in [0.29, 0.717) is 11.1 Å². The van der Waals surface area contributed by atoms with E-state index in [1.54, 1.807) is 36.5 Å². The van der Waals surface area contributed by atoms with Crippen molar-refractivity contribution in [1.29, 1.82) is 0 Å². The summed E-state index contributed by atoms with van der Waals surface area (Å²) in [6, 6.07) is 10.4. The molecule has 22 heavy (non-hydrogen) atoms. The molecule has 0 bridgehead atoms. The highest BCUT2D eigenvalue weighted by Crippen LogP contribution is 2.09. The van der Waals surface area contributed by atoms with Gasteiger partial charge in [0.1, 0.15) is 0 Å². The number of rotatable bonds is 6. The Labute approximate surface area is 136 Å². The average Bonchev–Trinajstić information content (AvgIpc) is 2.55. The van der Waals surface area contributed by atoms with Crippen molar-refractivity contribution in [2.75, 3.05) is 13.2 Å². The number of nitrogens with one attached hydrogen (secondary N) is 2. The quantitative estimate of drug-likeness (QED) is 0.607. The van der Waals surface area contributed by atoms with Crippen LogP contribution in [0, 0.1) is 0 Å². The molecular weight excluding hydrogens is 350 g/mol. The summed E-state index contributed by atoms with van der Waals surface area (Å²) in [5.74, 6) is -0.588. The number of amides is 2. The first-order valence-electron chi connectivity index (χ1n) is 6.53. The van der Waals surface area contributed by atoms with E-state index >= 15 is 0 Å². The predicted octanol–water partition coefficient (Wildman–Crippen LogP) is 1.94. The molecular formula is C15H14BrN3O3. The summed E-state index contributed by atoms with van der Waals surface area (Å²) in [5, 5.41) is 2.66. The van der Waals surface area contributed by atoms with Crippen molar-refractivity contribution in [1.82, 2.24) is 15.8 Å². The van der Waals surface area contributed by atoms with E-state index in [0.717, 1.165) is 4.47 Å². The van der Waals surface area contributed by atoms with Gasteiger partial charge in [-0.3, -0.25) is 19.4 Å². The first kappa shape index (κ1) is 16.1. The highest BCUT2D eigenvalue weighted by atomic mass is 79.9. The Balaban J connectivity index is 1.67. The number of halogens is 1. The van der Waals surface area contributed by atoms with Crippen LogP contribution < -0.4 is 10.8 Å². The van der Waals surface area contributed by atoms with E-state index in [1.807, 2.05) is 6.07 Å². The van der Waals surface area contributed by atoms with Gasteiger partial charge in [0.05, 0.1) is 12.2 Å². The van der Waals surface area contributed by atoms with Gasteiger partial charge in [0.2, 0.25) is 0 Å². The Morgan fingerprint density at radius 3 is 2.59 bits per heavy atom. The highest BCUT2D eigenvalue weighted by molar-refractivity contribution is 9.10. The maximum atomic E-state index is 11.8. The molecule has 7 heteroatoms. The number of hydroxylamine groups is 1. The first-order chi connectivity index (χ1) is 10.7. The Kier molecular flexibility index (Phi) is 6.05. The fraction of sp³-hybridized carbons (Fsp3) is 0.133. The van der Waals surface area contributed by atoms with E-state index in [4.69, 9.17) is 4.84 Å². The molecule has 0 radical (unpaired) electrons. The number of aromatic nitrogens is 1. The number of pyridine rings is 1. The van der Waals surface area contributed by atoms with Gasteiger partial charge in [-0.05, 0) is 34.1 Å². The molecule has 2 N–H and O–H groups in total. The minimum Gasteiger partial charge on any atom is -0.350 e. The molecule has 1 heterocycles. The summed E-state index contributed by atoms with van der Waals surface area (Å²) < 4.78 is 0.728. The molecule has 2 amide bonds. The first-order valence-corrected chi connectivity index (χ1v) is 7.32. The lowest BCUT2D eigenvalue weighted by molar-refractivity contribution is 0.0323. The monoisotopic (exact) mass is 363 g/mol. The van der Waals surface area contributed by atoms with E-state index in [2.05, 4.69) is 31.7 Å². The molecule has 0 saturated carbocycles. The Bertz CT molecular complexity index is 649. The van der Waals surface area contributed by atoms with Crippen molar-refractivity contribution >= 4 is 27.7 Å². The summed E-state index contributed by atoms with van der Waals surface area (Å²) >= 11 is 3.25. The second kappa shape index (κ2) is 8.26. The molecule has 0 spiro atoms. The Hall–Kier alpha value is -2.25. The zero-order valence-corrected chi connectivity index (χ0v) is 13.2. The molecule has 1 aromatic heterocycles. The largest absolute Gasteiger partial charge is 0.350 e. The molecule has 1 aromatic carbocycles. The normalized spacial score (nSPS) is 10.0. The van der Waals surface area contributed by atoms with Crippen LogP contribution in [-0.2, 0) is 4.84 Å². The Morgan fingerprint density at radius 2 is 1.86 bits per heavy atom. The van der Waals surface area contributed by atoms with Crippen LogP contribution in [0.1, 0.15) is 20.7 Å². The van der Waals surface area contributed by atoms with Crippen LogP contribution in [-0.4, -0.2) is 29.9 Å². The number of carbonyl (C=O) groups is 2. The second-order valence-electron chi connectivity index (χ2n) is 4.29. The Morgan fingerprint density at radius 1 is 1.09 bits per heavy atom. The number of benzene rings is 1. The summed E-state index contributed by atoms with van der Waals surface area (Å²) in [4.78, 5) is 32.4. The molecule has 0 aliphatic rings. The maximum absolute atomic E-state index is 11.8. The number of carbonyl (C=O) groups excluding carboxylic acids is 2. The predicted molar refractivity (Wildman–Crippen MR) is 84.1 cm³/mol. The van der Waals surface area contributed by atoms with Crippen molar-refractivity contribution < 1.29 is 14.4 Å². The van der Waals surface area contributed by atoms with Crippen LogP contribution in [0.25, 0.3) is 0 Å². The van der Waals surface area contributed by atoms with Crippen molar-refractivity contribution in [2.45, 2.75) is 0 Å². The fourth-order valence-electron chi connectivity index (χ4n) is 1.62. The highest BCUT2D eigenvalue weighted by Gasteiger charge is 2.06. The second-order valence-corrected chi connectivity index (χ2v) is 5.21. The molecule has 0 aliphatic carbocycles. The zero-order chi connectivity index (χ0) is 15.8. The van der Waals surface area contributed by atoms with Crippen molar-refractivity contribution in [3.05, 3.63) is 64.4 Å². The van der Waals surface area contributed by atoms with Gasteiger partial charge < -0.3 is 5.32 Å². The molecule has 0 aliphatic heterocycles. The van der Waals surface area contributed by atoms with Crippen LogP contribution in [0.4, 0.5) is 0 Å². The van der Waals surface area contributed by atoms with Gasteiger partial charge in [0, 0.05) is 29.0 Å². The van der Waals surface area contributed by atoms with E-state index in [1.165, 1.54) is 6.20 Å². The molecule has 0 atom stereocenters. The van der Waals surface area contributed by atoms with Gasteiger partial charge in [-0.1, -0.05) is 18.2 Å². The molecule has 2 rings (SSSR count). The van der Waals surface area contributed by atoms with Gasteiger partial charge >= 0.3 is 0 Å². The SMILES string of the molecule is O=C(NCCONC(=O)c1ccccc1)c1cncc(Br)c1.